The highest BCUT2D eigenvalue weighted by atomic mass is 15.2. The molecule has 0 spiro atoms. The first-order valence-electron chi connectivity index (χ1n) is 8.91. The van der Waals surface area contributed by atoms with Crippen molar-refractivity contribution in [3.63, 3.8) is 0 Å². The Morgan fingerprint density at radius 1 is 1.08 bits per heavy atom. The number of nitrogens with zero attached hydrogens (tertiary/aromatic N) is 3. The normalized spacial score (nSPS) is 12.5. The van der Waals surface area contributed by atoms with Crippen LogP contribution in [-0.2, 0) is 6.54 Å². The molecular weight excluding hydrogens is 324 g/mol. The molecule has 0 amide bonds. The second-order valence-corrected chi connectivity index (χ2v) is 6.55. The smallest absolute Gasteiger partial charge is 0.180 e. The summed E-state index contributed by atoms with van der Waals surface area (Å²) < 4.78 is 0. The topological polar surface area (TPSA) is 82.3 Å². The maximum Gasteiger partial charge on any atom is 0.180 e. The molecular formula is C20H22N6. The van der Waals surface area contributed by atoms with Gasteiger partial charge in [0.15, 0.2) is 5.82 Å². The van der Waals surface area contributed by atoms with Gasteiger partial charge in [-0.3, -0.25) is 10.2 Å². The lowest BCUT2D eigenvalue weighted by molar-refractivity contribution is 0.534. The van der Waals surface area contributed by atoms with Crippen LogP contribution in [0.5, 0.6) is 0 Å². The van der Waals surface area contributed by atoms with E-state index in [1.807, 2.05) is 12.1 Å². The van der Waals surface area contributed by atoms with Gasteiger partial charge < -0.3 is 5.32 Å². The number of fused-ring (bicyclic) bond motifs is 1. The van der Waals surface area contributed by atoms with Crippen molar-refractivity contribution in [1.82, 2.24) is 30.7 Å². The number of benzene rings is 2. The van der Waals surface area contributed by atoms with E-state index in [1.54, 1.807) is 6.33 Å². The van der Waals surface area contributed by atoms with E-state index in [9.17, 15) is 0 Å². The first kappa shape index (κ1) is 16.5. The van der Waals surface area contributed by atoms with Gasteiger partial charge in [0, 0.05) is 29.1 Å². The Hall–Kier alpha value is -2.99. The molecule has 1 atom stereocenters. The van der Waals surface area contributed by atoms with Gasteiger partial charge in [-0.15, -0.1) is 0 Å². The van der Waals surface area contributed by atoms with Gasteiger partial charge in [-0.2, -0.15) is 10.2 Å². The fourth-order valence-electron chi connectivity index (χ4n) is 2.99. The lowest BCUT2D eigenvalue weighted by Gasteiger charge is -2.11. The Bertz CT molecular complexity index is 1000. The number of aromatic amines is 2. The summed E-state index contributed by atoms with van der Waals surface area (Å²) in [5, 5.41) is 19.2. The molecule has 0 bridgehead atoms. The summed E-state index contributed by atoms with van der Waals surface area (Å²) in [5.74, 6) is 0.686. The van der Waals surface area contributed by atoms with Gasteiger partial charge in [-0.25, -0.2) is 4.98 Å². The molecule has 0 aliphatic carbocycles. The summed E-state index contributed by atoms with van der Waals surface area (Å²) in [6.07, 6.45) is 2.71. The second-order valence-electron chi connectivity index (χ2n) is 6.55. The Labute approximate surface area is 152 Å². The molecule has 6 heteroatoms. The van der Waals surface area contributed by atoms with Crippen LogP contribution in [-0.4, -0.2) is 31.4 Å². The van der Waals surface area contributed by atoms with Gasteiger partial charge in [-0.05, 0) is 43.2 Å². The molecule has 2 heterocycles. The quantitative estimate of drug-likeness (QED) is 0.494. The average molecular weight is 346 g/mol. The van der Waals surface area contributed by atoms with Crippen LogP contribution in [0.1, 0.15) is 25.8 Å². The molecule has 0 saturated carbocycles. The maximum atomic E-state index is 4.55. The van der Waals surface area contributed by atoms with Crippen LogP contribution >= 0.6 is 0 Å². The number of nitrogens with one attached hydrogen (secondary N) is 3. The zero-order valence-corrected chi connectivity index (χ0v) is 15.0. The van der Waals surface area contributed by atoms with Crippen molar-refractivity contribution in [2.45, 2.75) is 32.9 Å². The predicted molar refractivity (Wildman–Crippen MR) is 103 cm³/mol. The first-order chi connectivity index (χ1) is 12.7. The minimum Gasteiger partial charge on any atom is -0.310 e. The van der Waals surface area contributed by atoms with Crippen LogP contribution in [0.4, 0.5) is 0 Å². The molecule has 2 aromatic heterocycles. The van der Waals surface area contributed by atoms with Gasteiger partial charge in [0.25, 0.3) is 0 Å². The van der Waals surface area contributed by atoms with Crippen molar-refractivity contribution in [1.29, 1.82) is 0 Å². The molecule has 0 saturated heterocycles. The number of rotatable bonds is 6. The zero-order valence-electron chi connectivity index (χ0n) is 15.0. The fourth-order valence-corrected chi connectivity index (χ4v) is 2.99. The molecule has 4 rings (SSSR count). The molecule has 0 fully saturated rings. The van der Waals surface area contributed by atoms with E-state index in [0.29, 0.717) is 11.9 Å². The van der Waals surface area contributed by atoms with Crippen LogP contribution in [0.2, 0.25) is 0 Å². The summed E-state index contributed by atoms with van der Waals surface area (Å²) in [4.78, 5) is 4.24. The van der Waals surface area contributed by atoms with E-state index < -0.39 is 0 Å². The number of hydrogen-bond acceptors (Lipinski definition) is 4. The van der Waals surface area contributed by atoms with E-state index in [2.05, 4.69) is 74.9 Å². The van der Waals surface area contributed by atoms with Crippen molar-refractivity contribution in [3.8, 4) is 22.6 Å². The lowest BCUT2D eigenvalue weighted by atomic mass is 10.0. The van der Waals surface area contributed by atoms with Crippen molar-refractivity contribution in [2.24, 2.45) is 0 Å². The minimum atomic E-state index is 0.508. The Kier molecular flexibility index (Phi) is 4.50. The van der Waals surface area contributed by atoms with Crippen molar-refractivity contribution in [3.05, 3.63) is 54.4 Å². The molecule has 1 unspecified atom stereocenters. The Morgan fingerprint density at radius 3 is 2.81 bits per heavy atom. The summed E-state index contributed by atoms with van der Waals surface area (Å²) in [5.41, 5.74) is 5.28. The van der Waals surface area contributed by atoms with Gasteiger partial charge in [0.05, 0.1) is 11.2 Å². The van der Waals surface area contributed by atoms with Crippen LogP contribution in [0.15, 0.2) is 48.8 Å². The SMILES string of the molecule is CCC(C)NCc1cccc(-c2n[nH]c3ccc(-c4nc[nH]n4)cc23)c1. The third kappa shape index (κ3) is 3.23. The molecule has 2 aromatic carbocycles. The van der Waals surface area contributed by atoms with E-state index >= 15 is 0 Å². The molecule has 6 nitrogen and oxygen atoms in total. The molecule has 4 aromatic rings. The highest BCUT2D eigenvalue weighted by Gasteiger charge is 2.11. The maximum absolute atomic E-state index is 4.55. The van der Waals surface area contributed by atoms with Gasteiger partial charge >= 0.3 is 0 Å². The Morgan fingerprint density at radius 2 is 2.00 bits per heavy atom. The van der Waals surface area contributed by atoms with E-state index in [-0.39, 0.29) is 0 Å². The van der Waals surface area contributed by atoms with Gasteiger partial charge in [0.1, 0.15) is 6.33 Å². The molecule has 0 aliphatic rings. The Balaban J connectivity index is 1.69. The highest BCUT2D eigenvalue weighted by Crippen LogP contribution is 2.29. The first-order valence-corrected chi connectivity index (χ1v) is 8.91. The van der Waals surface area contributed by atoms with Crippen LogP contribution in [0, 0.1) is 0 Å². The van der Waals surface area contributed by atoms with E-state index in [4.69, 9.17) is 0 Å². The summed E-state index contributed by atoms with van der Waals surface area (Å²) >= 11 is 0. The number of hydrogen-bond donors (Lipinski definition) is 3. The van der Waals surface area contributed by atoms with Crippen molar-refractivity contribution >= 4 is 10.9 Å². The zero-order chi connectivity index (χ0) is 17.9. The summed E-state index contributed by atoms with van der Waals surface area (Å²) in [7, 11) is 0. The van der Waals surface area contributed by atoms with Crippen LogP contribution in [0.3, 0.4) is 0 Å². The highest BCUT2D eigenvalue weighted by molar-refractivity contribution is 5.95. The summed E-state index contributed by atoms with van der Waals surface area (Å²) in [6.45, 7) is 5.25. The third-order valence-corrected chi connectivity index (χ3v) is 4.70. The number of H-pyrrole nitrogens is 2. The molecule has 3 N–H and O–H groups in total. The van der Waals surface area contributed by atoms with E-state index in [0.717, 1.165) is 40.7 Å². The third-order valence-electron chi connectivity index (χ3n) is 4.70. The van der Waals surface area contributed by atoms with Crippen molar-refractivity contribution < 1.29 is 0 Å². The molecule has 0 aliphatic heterocycles. The lowest BCUT2D eigenvalue weighted by Crippen LogP contribution is -2.24. The van der Waals surface area contributed by atoms with Crippen LogP contribution < -0.4 is 5.32 Å². The second kappa shape index (κ2) is 7.09. The molecule has 0 radical (unpaired) electrons. The van der Waals surface area contributed by atoms with Crippen LogP contribution in [0.25, 0.3) is 33.5 Å². The number of aromatic nitrogens is 5. The van der Waals surface area contributed by atoms with Crippen molar-refractivity contribution in [2.75, 3.05) is 0 Å². The van der Waals surface area contributed by atoms with E-state index in [1.165, 1.54) is 5.56 Å². The molecule has 26 heavy (non-hydrogen) atoms. The monoisotopic (exact) mass is 346 g/mol. The van der Waals surface area contributed by atoms with Gasteiger partial charge in [0.2, 0.25) is 0 Å². The minimum absolute atomic E-state index is 0.508. The largest absolute Gasteiger partial charge is 0.310 e. The van der Waals surface area contributed by atoms with Gasteiger partial charge in [-0.1, -0.05) is 25.1 Å². The summed E-state index contributed by atoms with van der Waals surface area (Å²) in [6, 6.07) is 15.1. The fraction of sp³-hybridized carbons (Fsp3) is 0.250. The standard InChI is InChI=1S/C20H22N6/c1-3-13(2)21-11-14-5-4-6-15(9-14)19-17-10-16(20-22-12-23-26-20)7-8-18(17)24-25-19/h4-10,12-13,21H,3,11H2,1-2H3,(H,24,25)(H,22,23,26). The average Bonchev–Trinajstić information content (AvgIpc) is 3.35. The predicted octanol–water partition coefficient (Wildman–Crippen LogP) is 3.90. The molecule has 132 valence electrons.